The van der Waals surface area contributed by atoms with E-state index >= 15 is 0 Å². The number of H-pyrrole nitrogens is 1. The number of hydrogen-bond donors (Lipinski definition) is 1. The predicted molar refractivity (Wildman–Crippen MR) is 107 cm³/mol. The molecule has 4 rings (SSSR count). The Kier molecular flexibility index (Phi) is 4.37. The Balaban J connectivity index is 1.95. The topological polar surface area (TPSA) is 75.9 Å². The number of fused-ring (bicyclic) bond motifs is 1. The van der Waals surface area contributed by atoms with E-state index in [0.717, 1.165) is 30.9 Å². The standard InChI is InChI=1S/C20H25N5O2/c1-13-7-6-9-15(11-13)12-25-16-17(23(3)20(27)22-18(16)26)21-19(25)24-10-5-4-8-14(24)2/h6-7,9,11,14H,4-5,8,10,12H2,1-3H3,(H,22,26,27)/t14-/m1/s1. The molecule has 0 amide bonds. The van der Waals surface area contributed by atoms with E-state index in [-0.39, 0.29) is 5.56 Å². The van der Waals surface area contributed by atoms with Gasteiger partial charge in [-0.1, -0.05) is 29.8 Å². The van der Waals surface area contributed by atoms with Gasteiger partial charge in [-0.25, -0.2) is 4.79 Å². The zero-order chi connectivity index (χ0) is 19.1. The third-order valence-corrected chi connectivity index (χ3v) is 5.47. The molecule has 0 saturated carbocycles. The first-order chi connectivity index (χ1) is 13.0. The van der Waals surface area contributed by atoms with Gasteiger partial charge in [-0.3, -0.25) is 18.9 Å². The maximum atomic E-state index is 12.7. The van der Waals surface area contributed by atoms with E-state index < -0.39 is 5.69 Å². The smallest absolute Gasteiger partial charge is 0.329 e. The van der Waals surface area contributed by atoms with Crippen molar-refractivity contribution >= 4 is 17.1 Å². The van der Waals surface area contributed by atoms with Crippen LogP contribution in [0.3, 0.4) is 0 Å². The first-order valence-electron chi connectivity index (χ1n) is 9.47. The highest BCUT2D eigenvalue weighted by atomic mass is 16.2. The van der Waals surface area contributed by atoms with Gasteiger partial charge in [0.25, 0.3) is 5.56 Å². The van der Waals surface area contributed by atoms with Gasteiger partial charge in [0.1, 0.15) is 0 Å². The van der Waals surface area contributed by atoms with Gasteiger partial charge in [0.15, 0.2) is 11.2 Å². The average molecular weight is 367 g/mol. The minimum absolute atomic E-state index is 0.350. The molecule has 3 heterocycles. The molecule has 0 aliphatic carbocycles. The second-order valence-electron chi connectivity index (χ2n) is 7.52. The fraction of sp³-hybridized carbons (Fsp3) is 0.450. The summed E-state index contributed by atoms with van der Waals surface area (Å²) in [5.74, 6) is 0.769. The van der Waals surface area contributed by atoms with E-state index in [4.69, 9.17) is 4.98 Å². The number of piperidine rings is 1. The van der Waals surface area contributed by atoms with Crippen molar-refractivity contribution in [3.8, 4) is 0 Å². The SMILES string of the molecule is Cc1cccc(Cn2c(N3CCCC[C@H]3C)nc3c2c(=O)[nH]c(=O)n3C)c1. The second-order valence-corrected chi connectivity index (χ2v) is 7.52. The van der Waals surface area contributed by atoms with Crippen LogP contribution in [0.2, 0.25) is 0 Å². The van der Waals surface area contributed by atoms with E-state index in [1.54, 1.807) is 7.05 Å². The monoisotopic (exact) mass is 367 g/mol. The van der Waals surface area contributed by atoms with Crippen molar-refractivity contribution in [3.63, 3.8) is 0 Å². The molecule has 1 aliphatic heterocycles. The number of rotatable bonds is 3. The molecule has 3 aromatic rings. The maximum Gasteiger partial charge on any atom is 0.329 e. The summed E-state index contributed by atoms with van der Waals surface area (Å²) in [6.07, 6.45) is 3.41. The Morgan fingerprint density at radius 1 is 1.26 bits per heavy atom. The van der Waals surface area contributed by atoms with Crippen LogP contribution in [0.4, 0.5) is 5.95 Å². The van der Waals surface area contributed by atoms with Crippen molar-refractivity contribution in [1.29, 1.82) is 0 Å². The number of imidazole rings is 1. The zero-order valence-electron chi connectivity index (χ0n) is 16.0. The Labute approximate surface area is 157 Å². The molecule has 2 aromatic heterocycles. The van der Waals surface area contributed by atoms with E-state index in [1.165, 1.54) is 16.6 Å². The lowest BCUT2D eigenvalue weighted by Gasteiger charge is -2.34. The van der Waals surface area contributed by atoms with Crippen LogP contribution in [0.5, 0.6) is 0 Å². The van der Waals surface area contributed by atoms with Crippen LogP contribution in [0.25, 0.3) is 11.2 Å². The molecule has 1 aliphatic rings. The number of aryl methyl sites for hydroxylation is 2. The van der Waals surface area contributed by atoms with Crippen molar-refractivity contribution in [2.45, 2.75) is 45.7 Å². The summed E-state index contributed by atoms with van der Waals surface area (Å²) in [7, 11) is 1.65. The lowest BCUT2D eigenvalue weighted by molar-refractivity contribution is 0.472. The third-order valence-electron chi connectivity index (χ3n) is 5.47. The Morgan fingerprint density at radius 3 is 2.81 bits per heavy atom. The highest BCUT2D eigenvalue weighted by molar-refractivity contribution is 5.74. The third kappa shape index (κ3) is 3.07. The Bertz CT molecular complexity index is 1110. The summed E-state index contributed by atoms with van der Waals surface area (Å²) in [6.45, 7) is 5.70. The molecule has 1 aromatic carbocycles. The van der Waals surface area contributed by atoms with Gasteiger partial charge in [-0.15, -0.1) is 0 Å². The molecule has 1 atom stereocenters. The number of benzene rings is 1. The van der Waals surface area contributed by atoms with Crippen LogP contribution in [0, 0.1) is 6.92 Å². The molecular formula is C20H25N5O2. The summed E-state index contributed by atoms with van der Waals surface area (Å²) < 4.78 is 3.38. The first-order valence-corrected chi connectivity index (χ1v) is 9.47. The molecule has 142 valence electrons. The minimum Gasteiger partial charge on any atom is -0.339 e. The van der Waals surface area contributed by atoms with Crippen LogP contribution < -0.4 is 16.1 Å². The normalized spacial score (nSPS) is 17.6. The molecule has 7 nitrogen and oxygen atoms in total. The number of nitrogens with zero attached hydrogens (tertiary/aromatic N) is 4. The first kappa shape index (κ1) is 17.6. The molecule has 0 unspecified atom stereocenters. The van der Waals surface area contributed by atoms with Gasteiger partial charge < -0.3 is 4.90 Å². The number of nitrogens with one attached hydrogen (secondary N) is 1. The maximum absolute atomic E-state index is 12.7. The van der Waals surface area contributed by atoms with Crippen LogP contribution in [-0.2, 0) is 13.6 Å². The van der Waals surface area contributed by atoms with Crippen molar-refractivity contribution in [1.82, 2.24) is 19.1 Å². The van der Waals surface area contributed by atoms with Crippen molar-refractivity contribution in [2.24, 2.45) is 7.05 Å². The van der Waals surface area contributed by atoms with E-state index in [1.807, 2.05) is 10.6 Å². The van der Waals surface area contributed by atoms with Gasteiger partial charge in [-0.05, 0) is 38.7 Å². The molecular weight excluding hydrogens is 342 g/mol. The minimum atomic E-state index is -0.439. The molecule has 7 heteroatoms. The molecule has 1 saturated heterocycles. The van der Waals surface area contributed by atoms with Gasteiger partial charge in [0.2, 0.25) is 5.95 Å². The fourth-order valence-corrected chi connectivity index (χ4v) is 3.98. The second kappa shape index (κ2) is 6.72. The number of aromatic nitrogens is 4. The van der Waals surface area contributed by atoms with E-state index in [2.05, 4.69) is 41.9 Å². The van der Waals surface area contributed by atoms with E-state index in [9.17, 15) is 9.59 Å². The molecule has 1 fully saturated rings. The quantitative estimate of drug-likeness (QED) is 0.770. The van der Waals surface area contributed by atoms with Gasteiger partial charge in [0, 0.05) is 19.6 Å². The zero-order valence-corrected chi connectivity index (χ0v) is 16.0. The van der Waals surface area contributed by atoms with E-state index in [0.29, 0.717) is 23.8 Å². The number of aromatic amines is 1. The van der Waals surface area contributed by atoms with Gasteiger partial charge >= 0.3 is 5.69 Å². The Morgan fingerprint density at radius 2 is 2.07 bits per heavy atom. The van der Waals surface area contributed by atoms with Crippen LogP contribution in [-0.4, -0.2) is 31.7 Å². The highest BCUT2D eigenvalue weighted by Crippen LogP contribution is 2.27. The molecule has 0 bridgehead atoms. The fourth-order valence-electron chi connectivity index (χ4n) is 3.98. The van der Waals surface area contributed by atoms with Crippen LogP contribution >= 0.6 is 0 Å². The molecule has 1 N–H and O–H groups in total. The summed E-state index contributed by atoms with van der Waals surface area (Å²) in [4.78, 5) is 34.2. The molecule has 0 spiro atoms. The summed E-state index contributed by atoms with van der Waals surface area (Å²) in [5, 5.41) is 0. The molecule has 0 radical (unpaired) electrons. The number of anilines is 1. The lowest BCUT2D eigenvalue weighted by atomic mass is 10.0. The Hall–Kier alpha value is -2.83. The largest absolute Gasteiger partial charge is 0.339 e. The average Bonchev–Trinajstić information content (AvgIpc) is 3.00. The molecule has 27 heavy (non-hydrogen) atoms. The van der Waals surface area contributed by atoms with Crippen LogP contribution in [0.1, 0.15) is 37.3 Å². The van der Waals surface area contributed by atoms with Gasteiger partial charge in [-0.2, -0.15) is 4.98 Å². The van der Waals surface area contributed by atoms with Gasteiger partial charge in [0.05, 0.1) is 6.54 Å². The van der Waals surface area contributed by atoms with Crippen LogP contribution in [0.15, 0.2) is 33.9 Å². The summed E-state index contributed by atoms with van der Waals surface area (Å²) in [5.41, 5.74) is 2.34. The summed E-state index contributed by atoms with van der Waals surface area (Å²) in [6, 6.07) is 8.60. The lowest BCUT2D eigenvalue weighted by Crippen LogP contribution is -2.39. The van der Waals surface area contributed by atoms with Crippen molar-refractivity contribution in [3.05, 3.63) is 56.2 Å². The predicted octanol–water partition coefficient (Wildman–Crippen LogP) is 2.16. The number of hydrogen-bond acceptors (Lipinski definition) is 4. The highest BCUT2D eigenvalue weighted by Gasteiger charge is 2.26. The van der Waals surface area contributed by atoms with Crippen molar-refractivity contribution < 1.29 is 0 Å². The summed E-state index contributed by atoms with van der Waals surface area (Å²) >= 11 is 0. The van der Waals surface area contributed by atoms with Crippen molar-refractivity contribution in [2.75, 3.05) is 11.4 Å².